The van der Waals surface area contributed by atoms with Gasteiger partial charge in [-0.2, -0.15) is 0 Å². The van der Waals surface area contributed by atoms with E-state index in [9.17, 15) is 0 Å². The van der Waals surface area contributed by atoms with Gasteiger partial charge >= 0.3 is 0 Å². The summed E-state index contributed by atoms with van der Waals surface area (Å²) in [6, 6.07) is 0.177. The molecule has 0 rings (SSSR count). The molecular formula is C13H29NO. The van der Waals surface area contributed by atoms with Gasteiger partial charge in [0.1, 0.15) is 0 Å². The summed E-state index contributed by atoms with van der Waals surface area (Å²) >= 11 is 0. The average Bonchev–Trinajstić information content (AvgIpc) is 2.12. The zero-order valence-electron chi connectivity index (χ0n) is 11.2. The first kappa shape index (κ1) is 14.9. The van der Waals surface area contributed by atoms with E-state index < -0.39 is 0 Å². The van der Waals surface area contributed by atoms with Crippen LogP contribution >= 0.6 is 0 Å². The zero-order valence-corrected chi connectivity index (χ0v) is 11.2. The topological polar surface area (TPSA) is 35.2 Å². The Morgan fingerprint density at radius 2 is 1.73 bits per heavy atom. The predicted octanol–water partition coefficient (Wildman–Crippen LogP) is 3.35. The molecule has 0 fully saturated rings. The van der Waals surface area contributed by atoms with Crippen molar-refractivity contribution in [2.45, 2.75) is 72.4 Å². The summed E-state index contributed by atoms with van der Waals surface area (Å²) in [6.45, 7) is 11.6. The van der Waals surface area contributed by atoms with Crippen LogP contribution < -0.4 is 5.73 Å². The van der Waals surface area contributed by atoms with Crippen LogP contribution in [0.2, 0.25) is 0 Å². The van der Waals surface area contributed by atoms with E-state index in [0.717, 1.165) is 13.0 Å². The SMILES string of the molecule is CCCCCC(N)C(OCC)C(C)(C)C. The van der Waals surface area contributed by atoms with Gasteiger partial charge in [-0.15, -0.1) is 0 Å². The standard InChI is InChI=1S/C13H29NO/c1-6-8-9-10-11(14)12(15-7-2)13(3,4)5/h11-12H,6-10,14H2,1-5H3. The predicted molar refractivity (Wildman–Crippen MR) is 67.0 cm³/mol. The molecule has 2 atom stereocenters. The molecule has 0 heterocycles. The maximum Gasteiger partial charge on any atom is 0.0773 e. The molecule has 0 aromatic carbocycles. The minimum atomic E-state index is 0.141. The lowest BCUT2D eigenvalue weighted by Crippen LogP contribution is -2.45. The molecule has 0 aliphatic heterocycles. The number of unbranched alkanes of at least 4 members (excludes halogenated alkanes) is 2. The van der Waals surface area contributed by atoms with Crippen LogP contribution in [-0.4, -0.2) is 18.8 Å². The quantitative estimate of drug-likeness (QED) is 0.661. The van der Waals surface area contributed by atoms with E-state index >= 15 is 0 Å². The number of hydrogen-bond donors (Lipinski definition) is 1. The van der Waals surface area contributed by atoms with E-state index in [0.29, 0.717) is 0 Å². The molecule has 0 spiro atoms. The fourth-order valence-corrected chi connectivity index (χ4v) is 1.98. The van der Waals surface area contributed by atoms with Crippen molar-refractivity contribution in [3.05, 3.63) is 0 Å². The van der Waals surface area contributed by atoms with Crippen molar-refractivity contribution in [3.63, 3.8) is 0 Å². The van der Waals surface area contributed by atoms with E-state index in [1.807, 2.05) is 6.92 Å². The highest BCUT2D eigenvalue weighted by molar-refractivity contribution is 4.84. The lowest BCUT2D eigenvalue weighted by molar-refractivity contribution is -0.0294. The van der Waals surface area contributed by atoms with E-state index in [1.54, 1.807) is 0 Å². The molecule has 0 aliphatic carbocycles. The first-order valence-electron chi connectivity index (χ1n) is 6.30. The van der Waals surface area contributed by atoms with Crippen LogP contribution in [0, 0.1) is 5.41 Å². The summed E-state index contributed by atoms with van der Waals surface area (Å²) in [5.74, 6) is 0. The van der Waals surface area contributed by atoms with Crippen LogP contribution in [0.25, 0.3) is 0 Å². The normalized spacial score (nSPS) is 16.4. The zero-order chi connectivity index (χ0) is 11.9. The minimum Gasteiger partial charge on any atom is -0.376 e. The van der Waals surface area contributed by atoms with Crippen molar-refractivity contribution in [2.24, 2.45) is 11.1 Å². The maximum atomic E-state index is 6.21. The summed E-state index contributed by atoms with van der Waals surface area (Å²) in [5, 5.41) is 0. The number of rotatable bonds is 7. The van der Waals surface area contributed by atoms with E-state index in [4.69, 9.17) is 10.5 Å². The number of hydrogen-bond acceptors (Lipinski definition) is 2. The minimum absolute atomic E-state index is 0.141. The van der Waals surface area contributed by atoms with Gasteiger partial charge in [-0.25, -0.2) is 0 Å². The van der Waals surface area contributed by atoms with Crippen molar-refractivity contribution < 1.29 is 4.74 Å². The Kier molecular flexibility index (Phi) is 7.20. The molecular weight excluding hydrogens is 186 g/mol. The Morgan fingerprint density at radius 3 is 2.13 bits per heavy atom. The second-order valence-electron chi connectivity index (χ2n) is 5.40. The third-order valence-electron chi connectivity index (χ3n) is 2.73. The van der Waals surface area contributed by atoms with Crippen molar-refractivity contribution in [1.82, 2.24) is 0 Å². The van der Waals surface area contributed by atoms with E-state index in [1.165, 1.54) is 19.3 Å². The van der Waals surface area contributed by atoms with Gasteiger partial charge in [0, 0.05) is 12.6 Å². The lowest BCUT2D eigenvalue weighted by Gasteiger charge is -2.35. The van der Waals surface area contributed by atoms with Gasteiger partial charge in [0.25, 0.3) is 0 Å². The van der Waals surface area contributed by atoms with Gasteiger partial charge in [0.2, 0.25) is 0 Å². The van der Waals surface area contributed by atoms with E-state index in [-0.39, 0.29) is 17.6 Å². The van der Waals surface area contributed by atoms with Crippen LogP contribution in [0.1, 0.15) is 60.3 Å². The van der Waals surface area contributed by atoms with Crippen molar-refractivity contribution in [2.75, 3.05) is 6.61 Å². The van der Waals surface area contributed by atoms with Crippen molar-refractivity contribution >= 4 is 0 Å². The molecule has 0 aromatic rings. The van der Waals surface area contributed by atoms with Crippen LogP contribution in [0.3, 0.4) is 0 Å². The molecule has 2 nitrogen and oxygen atoms in total. The number of nitrogens with two attached hydrogens (primary N) is 1. The first-order chi connectivity index (χ1) is 6.93. The van der Waals surface area contributed by atoms with Crippen molar-refractivity contribution in [3.8, 4) is 0 Å². The van der Waals surface area contributed by atoms with Gasteiger partial charge < -0.3 is 10.5 Å². The van der Waals surface area contributed by atoms with Gasteiger partial charge in [-0.3, -0.25) is 0 Å². The van der Waals surface area contributed by atoms with Crippen LogP contribution in [0.5, 0.6) is 0 Å². The maximum absolute atomic E-state index is 6.21. The highest BCUT2D eigenvalue weighted by atomic mass is 16.5. The Hall–Kier alpha value is -0.0800. The third kappa shape index (κ3) is 6.16. The Balaban J connectivity index is 4.11. The lowest BCUT2D eigenvalue weighted by atomic mass is 9.83. The average molecular weight is 215 g/mol. The summed E-state index contributed by atoms with van der Waals surface area (Å²) in [5.41, 5.74) is 6.35. The third-order valence-corrected chi connectivity index (χ3v) is 2.73. The molecule has 0 radical (unpaired) electrons. The molecule has 0 aliphatic rings. The second kappa shape index (κ2) is 7.24. The van der Waals surface area contributed by atoms with Gasteiger partial charge in [0.05, 0.1) is 6.10 Å². The Bertz CT molecular complexity index is 151. The summed E-state index contributed by atoms with van der Waals surface area (Å²) < 4.78 is 5.77. The molecule has 0 bridgehead atoms. The second-order valence-corrected chi connectivity index (χ2v) is 5.40. The molecule has 0 saturated heterocycles. The molecule has 2 N–H and O–H groups in total. The Morgan fingerprint density at radius 1 is 1.13 bits per heavy atom. The van der Waals surface area contributed by atoms with Gasteiger partial charge in [-0.05, 0) is 18.8 Å². The molecule has 92 valence electrons. The first-order valence-corrected chi connectivity index (χ1v) is 6.30. The molecule has 2 heteroatoms. The smallest absolute Gasteiger partial charge is 0.0773 e. The largest absolute Gasteiger partial charge is 0.376 e. The summed E-state index contributed by atoms with van der Waals surface area (Å²) in [7, 11) is 0. The summed E-state index contributed by atoms with van der Waals surface area (Å²) in [4.78, 5) is 0. The van der Waals surface area contributed by atoms with Gasteiger partial charge in [0.15, 0.2) is 0 Å². The highest BCUT2D eigenvalue weighted by Gasteiger charge is 2.30. The Labute approximate surface area is 95.6 Å². The van der Waals surface area contributed by atoms with Crippen molar-refractivity contribution in [1.29, 1.82) is 0 Å². The van der Waals surface area contributed by atoms with Crippen LogP contribution in [-0.2, 0) is 4.74 Å². The highest BCUT2D eigenvalue weighted by Crippen LogP contribution is 2.26. The summed E-state index contributed by atoms with van der Waals surface area (Å²) in [6.07, 6.45) is 5.00. The fraction of sp³-hybridized carbons (Fsp3) is 1.00. The molecule has 0 aromatic heterocycles. The van der Waals surface area contributed by atoms with E-state index in [2.05, 4.69) is 27.7 Å². The van der Waals surface area contributed by atoms with Crippen LogP contribution in [0.15, 0.2) is 0 Å². The van der Waals surface area contributed by atoms with Crippen LogP contribution in [0.4, 0.5) is 0 Å². The molecule has 0 amide bonds. The molecule has 15 heavy (non-hydrogen) atoms. The monoisotopic (exact) mass is 215 g/mol. The number of ether oxygens (including phenoxy) is 1. The fourth-order valence-electron chi connectivity index (χ4n) is 1.98. The van der Waals surface area contributed by atoms with Gasteiger partial charge in [-0.1, -0.05) is 47.0 Å². The molecule has 2 unspecified atom stereocenters. The molecule has 0 saturated carbocycles.